The minimum atomic E-state index is -0.154. The second kappa shape index (κ2) is 7.46. The lowest BCUT2D eigenvalue weighted by Crippen LogP contribution is -2.45. The fourth-order valence-corrected chi connectivity index (χ4v) is 3.82. The molecular formula is C22H22ClN2O+. The predicted octanol–water partition coefficient (Wildman–Crippen LogP) is 4.69. The van der Waals surface area contributed by atoms with Crippen LogP contribution in [0.3, 0.4) is 0 Å². The van der Waals surface area contributed by atoms with Crippen LogP contribution in [-0.4, -0.2) is 12.3 Å². The van der Waals surface area contributed by atoms with E-state index in [4.69, 9.17) is 11.6 Å². The maximum absolute atomic E-state index is 12.9. The van der Waals surface area contributed by atoms with Gasteiger partial charge in [-0.05, 0) is 42.5 Å². The molecule has 0 saturated carbocycles. The summed E-state index contributed by atoms with van der Waals surface area (Å²) >= 11 is 6.08. The molecule has 2 aliphatic carbocycles. The molecule has 0 fully saturated rings. The van der Waals surface area contributed by atoms with Crippen LogP contribution in [0.25, 0.3) is 0 Å². The SMILES string of the molecule is O=C1c2cc(Cl)ccc2CCC1[n+]1ccc(NCC2=CCCC=C2)cc1. The Morgan fingerprint density at radius 2 is 2.00 bits per heavy atom. The third kappa shape index (κ3) is 3.58. The van der Waals surface area contributed by atoms with Gasteiger partial charge in [-0.25, -0.2) is 0 Å². The number of hydrogen-bond acceptors (Lipinski definition) is 2. The number of aryl methyl sites for hydroxylation is 1. The highest BCUT2D eigenvalue weighted by molar-refractivity contribution is 6.31. The van der Waals surface area contributed by atoms with Crippen molar-refractivity contribution < 1.29 is 9.36 Å². The molecule has 2 aliphatic rings. The molecule has 132 valence electrons. The Hall–Kier alpha value is -2.39. The van der Waals surface area contributed by atoms with Gasteiger partial charge in [0.2, 0.25) is 11.8 Å². The summed E-state index contributed by atoms with van der Waals surface area (Å²) in [6.07, 6.45) is 14.6. The summed E-state index contributed by atoms with van der Waals surface area (Å²) in [4.78, 5) is 12.9. The van der Waals surface area contributed by atoms with E-state index in [1.807, 2.05) is 41.2 Å². The Labute approximate surface area is 159 Å². The summed E-state index contributed by atoms with van der Waals surface area (Å²) in [5.41, 5.74) is 4.25. The van der Waals surface area contributed by atoms with E-state index in [2.05, 4.69) is 23.5 Å². The molecule has 4 rings (SSSR count). The molecular weight excluding hydrogens is 344 g/mol. The molecule has 0 bridgehead atoms. The van der Waals surface area contributed by atoms with Gasteiger partial charge in [-0.15, -0.1) is 0 Å². The number of anilines is 1. The number of carbonyl (C=O) groups is 1. The monoisotopic (exact) mass is 365 g/mol. The Balaban J connectivity index is 1.46. The summed E-state index contributed by atoms with van der Waals surface area (Å²) in [6, 6.07) is 9.55. The standard InChI is InChI=1S/C22H21ClN2O/c23-18-8-6-17-7-9-21(22(26)20(17)14-18)25-12-10-19(11-13-25)24-15-16-4-2-1-3-5-16/h2,4-6,8,10-14,21H,1,3,7,9,15H2/p+1. The van der Waals surface area contributed by atoms with Gasteiger partial charge in [0.05, 0.1) is 0 Å². The molecule has 4 heteroatoms. The van der Waals surface area contributed by atoms with E-state index in [9.17, 15) is 4.79 Å². The number of hydrogen-bond donors (Lipinski definition) is 1. The van der Waals surface area contributed by atoms with Crippen LogP contribution in [0.15, 0.2) is 66.5 Å². The van der Waals surface area contributed by atoms with Crippen LogP contribution in [0.2, 0.25) is 5.02 Å². The number of carbonyl (C=O) groups excluding carboxylic acids is 1. The number of ketones is 1. The molecule has 1 N–H and O–H groups in total. The number of halogens is 1. The Bertz CT molecular complexity index is 884. The fraction of sp³-hybridized carbons (Fsp3) is 0.273. The van der Waals surface area contributed by atoms with E-state index >= 15 is 0 Å². The summed E-state index contributed by atoms with van der Waals surface area (Å²) in [5, 5.41) is 4.06. The quantitative estimate of drug-likeness (QED) is 0.797. The molecule has 2 aromatic rings. The molecule has 0 radical (unpaired) electrons. The van der Waals surface area contributed by atoms with Crippen molar-refractivity contribution >= 4 is 23.1 Å². The highest BCUT2D eigenvalue weighted by Crippen LogP contribution is 2.28. The second-order valence-corrected chi connectivity index (χ2v) is 7.30. The molecule has 1 aromatic carbocycles. The zero-order chi connectivity index (χ0) is 17.9. The third-order valence-electron chi connectivity index (χ3n) is 5.11. The number of benzene rings is 1. The summed E-state index contributed by atoms with van der Waals surface area (Å²) in [5.74, 6) is 0.150. The van der Waals surface area contributed by atoms with Gasteiger partial charge >= 0.3 is 0 Å². The average Bonchev–Trinajstić information content (AvgIpc) is 2.68. The van der Waals surface area contributed by atoms with E-state index in [0.717, 1.165) is 49.0 Å². The van der Waals surface area contributed by atoms with Crippen LogP contribution in [0.5, 0.6) is 0 Å². The molecule has 1 aromatic heterocycles. The molecule has 3 nitrogen and oxygen atoms in total. The molecule has 0 aliphatic heterocycles. The van der Waals surface area contributed by atoms with E-state index in [1.165, 1.54) is 5.57 Å². The van der Waals surface area contributed by atoms with Crippen LogP contribution >= 0.6 is 11.6 Å². The van der Waals surface area contributed by atoms with Crippen LogP contribution in [0.4, 0.5) is 5.69 Å². The number of nitrogens with one attached hydrogen (secondary N) is 1. The van der Waals surface area contributed by atoms with Crippen molar-refractivity contribution in [1.29, 1.82) is 0 Å². The van der Waals surface area contributed by atoms with E-state index in [1.54, 1.807) is 6.07 Å². The van der Waals surface area contributed by atoms with Gasteiger partial charge in [0.1, 0.15) is 0 Å². The van der Waals surface area contributed by atoms with Crippen LogP contribution in [0, 0.1) is 0 Å². The van der Waals surface area contributed by atoms with Crippen molar-refractivity contribution in [3.05, 3.63) is 82.7 Å². The molecule has 26 heavy (non-hydrogen) atoms. The lowest BCUT2D eigenvalue weighted by atomic mass is 9.87. The van der Waals surface area contributed by atoms with Crippen LogP contribution < -0.4 is 9.88 Å². The minimum absolute atomic E-state index is 0.150. The molecule has 0 spiro atoms. The van der Waals surface area contributed by atoms with Crippen molar-refractivity contribution in [3.8, 4) is 0 Å². The molecule has 1 heterocycles. The lowest BCUT2D eigenvalue weighted by molar-refractivity contribution is -0.708. The van der Waals surface area contributed by atoms with Crippen molar-refractivity contribution in [3.63, 3.8) is 0 Å². The first-order valence-electron chi connectivity index (χ1n) is 9.13. The van der Waals surface area contributed by atoms with Gasteiger partial charge < -0.3 is 5.32 Å². The number of pyridine rings is 1. The summed E-state index contributed by atoms with van der Waals surface area (Å²) < 4.78 is 2.01. The zero-order valence-electron chi connectivity index (χ0n) is 14.6. The summed E-state index contributed by atoms with van der Waals surface area (Å²) in [6.45, 7) is 0.828. The van der Waals surface area contributed by atoms with Crippen molar-refractivity contribution in [2.75, 3.05) is 11.9 Å². The number of allylic oxidation sites excluding steroid dienone is 2. The van der Waals surface area contributed by atoms with Gasteiger partial charge in [0.15, 0.2) is 12.4 Å². The highest BCUT2D eigenvalue weighted by atomic mass is 35.5. The highest BCUT2D eigenvalue weighted by Gasteiger charge is 2.34. The van der Waals surface area contributed by atoms with Gasteiger partial charge in [-0.1, -0.05) is 35.9 Å². The van der Waals surface area contributed by atoms with Crippen molar-refractivity contribution in [2.45, 2.75) is 31.7 Å². The first-order chi connectivity index (χ1) is 12.7. The van der Waals surface area contributed by atoms with Gasteiger partial charge in [-0.3, -0.25) is 4.79 Å². The second-order valence-electron chi connectivity index (χ2n) is 6.87. The number of rotatable bonds is 4. The Morgan fingerprint density at radius 3 is 2.77 bits per heavy atom. The topological polar surface area (TPSA) is 33.0 Å². The van der Waals surface area contributed by atoms with Crippen LogP contribution in [0.1, 0.15) is 41.2 Å². The maximum Gasteiger partial charge on any atom is 0.230 e. The van der Waals surface area contributed by atoms with Crippen LogP contribution in [-0.2, 0) is 6.42 Å². The van der Waals surface area contributed by atoms with Gasteiger partial charge in [0, 0.05) is 41.4 Å². The number of aromatic nitrogens is 1. The molecule has 0 amide bonds. The fourth-order valence-electron chi connectivity index (χ4n) is 3.65. The average molecular weight is 366 g/mol. The smallest absolute Gasteiger partial charge is 0.230 e. The maximum atomic E-state index is 12.9. The predicted molar refractivity (Wildman–Crippen MR) is 105 cm³/mol. The number of fused-ring (bicyclic) bond motifs is 1. The normalized spacial score (nSPS) is 19.0. The number of nitrogens with zero attached hydrogens (tertiary/aromatic N) is 1. The molecule has 1 atom stereocenters. The van der Waals surface area contributed by atoms with Gasteiger partial charge in [0.25, 0.3) is 0 Å². The van der Waals surface area contributed by atoms with Crippen molar-refractivity contribution in [2.24, 2.45) is 0 Å². The summed E-state index contributed by atoms with van der Waals surface area (Å²) in [7, 11) is 0. The zero-order valence-corrected chi connectivity index (χ0v) is 15.4. The largest absolute Gasteiger partial charge is 0.381 e. The van der Waals surface area contributed by atoms with Gasteiger partial charge in [-0.2, -0.15) is 4.57 Å². The van der Waals surface area contributed by atoms with E-state index < -0.39 is 0 Å². The molecule has 1 unspecified atom stereocenters. The van der Waals surface area contributed by atoms with E-state index in [0.29, 0.717) is 5.02 Å². The minimum Gasteiger partial charge on any atom is -0.381 e. The first kappa shape index (κ1) is 17.0. The number of Topliss-reactive ketones (excluding diaryl/α,β-unsaturated/α-hetero) is 1. The van der Waals surface area contributed by atoms with Crippen molar-refractivity contribution in [1.82, 2.24) is 0 Å². The Kier molecular flexibility index (Phi) is 4.89. The lowest BCUT2D eigenvalue weighted by Gasteiger charge is -2.20. The Morgan fingerprint density at radius 1 is 1.15 bits per heavy atom. The third-order valence-corrected chi connectivity index (χ3v) is 5.34. The molecule has 0 saturated heterocycles. The van der Waals surface area contributed by atoms with E-state index in [-0.39, 0.29) is 11.8 Å². The first-order valence-corrected chi connectivity index (χ1v) is 9.51.